The standard InChI is InChI=1S/C34H30O/c1-33(2,3)25-16-22(17-26(32(25)35)34(4,5)6)24-15-21-12-11-19-8-7-18-9-10-20-13-14-23(24)31-29(20)27(18)28(19)30(21)31/h7-17,35H,1-6H3. The number of benzene rings is 6. The Morgan fingerprint density at radius 3 is 1.37 bits per heavy atom. The first kappa shape index (κ1) is 20.8. The van der Waals surface area contributed by atoms with Crippen molar-refractivity contribution in [3.05, 3.63) is 77.9 Å². The van der Waals surface area contributed by atoms with Crippen LogP contribution in [0.3, 0.4) is 0 Å². The molecule has 7 aromatic carbocycles. The predicted molar refractivity (Wildman–Crippen MR) is 152 cm³/mol. The summed E-state index contributed by atoms with van der Waals surface area (Å²) in [6.07, 6.45) is 0. The summed E-state index contributed by atoms with van der Waals surface area (Å²) in [6, 6.07) is 25.0. The Morgan fingerprint density at radius 2 is 0.886 bits per heavy atom. The molecule has 0 unspecified atom stereocenters. The van der Waals surface area contributed by atoms with Gasteiger partial charge in [-0.2, -0.15) is 0 Å². The molecule has 0 bridgehead atoms. The Kier molecular flexibility index (Phi) is 3.76. The third kappa shape index (κ3) is 2.64. The van der Waals surface area contributed by atoms with Gasteiger partial charge in [-0.3, -0.25) is 0 Å². The largest absolute Gasteiger partial charge is 0.507 e. The third-order valence-electron chi connectivity index (χ3n) is 8.06. The zero-order chi connectivity index (χ0) is 24.4. The molecule has 172 valence electrons. The van der Waals surface area contributed by atoms with Gasteiger partial charge >= 0.3 is 0 Å². The van der Waals surface area contributed by atoms with E-state index in [4.69, 9.17) is 0 Å². The van der Waals surface area contributed by atoms with Gasteiger partial charge in [0.1, 0.15) is 5.75 Å². The molecule has 0 atom stereocenters. The van der Waals surface area contributed by atoms with Crippen LogP contribution in [0, 0.1) is 0 Å². The lowest BCUT2D eigenvalue weighted by atomic mass is 9.77. The average molecular weight is 455 g/mol. The lowest BCUT2D eigenvalue weighted by Gasteiger charge is -2.28. The van der Waals surface area contributed by atoms with Crippen molar-refractivity contribution in [3.63, 3.8) is 0 Å². The molecule has 0 amide bonds. The van der Waals surface area contributed by atoms with Gasteiger partial charge in [0.25, 0.3) is 0 Å². The molecule has 0 saturated carbocycles. The first-order valence-corrected chi connectivity index (χ1v) is 12.6. The average Bonchev–Trinajstić information content (AvgIpc) is 3.17. The van der Waals surface area contributed by atoms with E-state index in [2.05, 4.69) is 108 Å². The summed E-state index contributed by atoms with van der Waals surface area (Å²) >= 11 is 0. The van der Waals surface area contributed by atoms with Crippen LogP contribution in [0.5, 0.6) is 5.75 Å². The van der Waals surface area contributed by atoms with Crippen LogP contribution in [0.2, 0.25) is 0 Å². The molecule has 0 fully saturated rings. The van der Waals surface area contributed by atoms with E-state index in [1.807, 2.05) is 0 Å². The quantitative estimate of drug-likeness (QED) is 0.245. The molecule has 0 heterocycles. The van der Waals surface area contributed by atoms with Gasteiger partial charge in [0, 0.05) is 11.1 Å². The van der Waals surface area contributed by atoms with Crippen LogP contribution >= 0.6 is 0 Å². The molecule has 0 aliphatic heterocycles. The van der Waals surface area contributed by atoms with E-state index in [1.165, 1.54) is 65.0 Å². The van der Waals surface area contributed by atoms with E-state index in [-0.39, 0.29) is 10.8 Å². The van der Waals surface area contributed by atoms with Crippen molar-refractivity contribution in [1.82, 2.24) is 0 Å². The molecular formula is C34H30O. The Bertz CT molecular complexity index is 1830. The maximum atomic E-state index is 11.3. The Morgan fingerprint density at radius 1 is 0.486 bits per heavy atom. The molecular weight excluding hydrogens is 424 g/mol. The predicted octanol–water partition coefficient (Wildman–Crippen LogP) is 9.73. The van der Waals surface area contributed by atoms with Crippen molar-refractivity contribution in [1.29, 1.82) is 0 Å². The lowest BCUT2D eigenvalue weighted by Crippen LogP contribution is -2.17. The van der Waals surface area contributed by atoms with Gasteiger partial charge in [-0.05, 0) is 94.0 Å². The highest BCUT2D eigenvalue weighted by molar-refractivity contribution is 6.45. The molecule has 1 heteroatoms. The van der Waals surface area contributed by atoms with Gasteiger partial charge in [0.05, 0.1) is 0 Å². The third-order valence-corrected chi connectivity index (χ3v) is 8.06. The molecule has 0 aliphatic rings. The first-order chi connectivity index (χ1) is 16.5. The van der Waals surface area contributed by atoms with E-state index in [1.54, 1.807) is 0 Å². The Balaban J connectivity index is 1.68. The van der Waals surface area contributed by atoms with Crippen molar-refractivity contribution in [2.45, 2.75) is 52.4 Å². The van der Waals surface area contributed by atoms with Gasteiger partial charge in [-0.1, -0.05) is 90.1 Å². The molecule has 1 nitrogen and oxygen atoms in total. The molecule has 7 rings (SSSR count). The summed E-state index contributed by atoms with van der Waals surface area (Å²) in [6.45, 7) is 13.1. The van der Waals surface area contributed by atoms with E-state index in [9.17, 15) is 5.11 Å². The van der Waals surface area contributed by atoms with Gasteiger partial charge in [0.2, 0.25) is 0 Å². The number of phenolic OH excluding ortho intramolecular Hbond substituents is 1. The van der Waals surface area contributed by atoms with Crippen molar-refractivity contribution in [2.75, 3.05) is 0 Å². The monoisotopic (exact) mass is 454 g/mol. The normalized spacial score (nSPS) is 13.5. The number of aromatic hydroxyl groups is 1. The van der Waals surface area contributed by atoms with E-state index in [0.717, 1.165) is 11.1 Å². The Labute approximate surface area is 206 Å². The highest BCUT2D eigenvalue weighted by Crippen LogP contribution is 2.51. The molecule has 0 radical (unpaired) electrons. The lowest BCUT2D eigenvalue weighted by molar-refractivity contribution is 0.423. The first-order valence-electron chi connectivity index (χ1n) is 12.6. The SMILES string of the molecule is CC(C)(C)c1cc(-c2cc3ccc4ccc5ccc6ccc2c2c6c5c4c32)cc(C(C)(C)C)c1O. The molecule has 0 spiro atoms. The smallest absolute Gasteiger partial charge is 0.123 e. The molecule has 7 aromatic rings. The highest BCUT2D eigenvalue weighted by Gasteiger charge is 2.28. The van der Waals surface area contributed by atoms with Gasteiger partial charge in [-0.15, -0.1) is 0 Å². The second-order valence-corrected chi connectivity index (χ2v) is 12.4. The number of rotatable bonds is 1. The molecule has 0 saturated heterocycles. The van der Waals surface area contributed by atoms with Crippen LogP contribution in [-0.4, -0.2) is 5.11 Å². The second kappa shape index (κ2) is 6.34. The highest BCUT2D eigenvalue weighted by atomic mass is 16.3. The molecule has 35 heavy (non-hydrogen) atoms. The fourth-order valence-corrected chi connectivity index (χ4v) is 6.34. The summed E-state index contributed by atoms with van der Waals surface area (Å²) in [5, 5.41) is 24.8. The molecule has 1 N–H and O–H groups in total. The van der Waals surface area contributed by atoms with Crippen LogP contribution in [-0.2, 0) is 10.8 Å². The number of hydrogen-bond donors (Lipinski definition) is 1. The fourth-order valence-electron chi connectivity index (χ4n) is 6.34. The van der Waals surface area contributed by atoms with Crippen LogP contribution in [0.25, 0.3) is 65.0 Å². The summed E-state index contributed by atoms with van der Waals surface area (Å²) in [5.41, 5.74) is 4.11. The Hall–Kier alpha value is -3.58. The summed E-state index contributed by atoms with van der Waals surface area (Å²) in [4.78, 5) is 0. The summed E-state index contributed by atoms with van der Waals surface area (Å²) < 4.78 is 0. The van der Waals surface area contributed by atoms with Crippen molar-refractivity contribution in [2.24, 2.45) is 0 Å². The second-order valence-electron chi connectivity index (χ2n) is 12.4. The topological polar surface area (TPSA) is 20.2 Å². The van der Waals surface area contributed by atoms with Gasteiger partial charge in [-0.25, -0.2) is 0 Å². The minimum Gasteiger partial charge on any atom is -0.507 e. The maximum absolute atomic E-state index is 11.3. The van der Waals surface area contributed by atoms with Crippen LogP contribution in [0.1, 0.15) is 52.7 Å². The number of hydrogen-bond acceptors (Lipinski definition) is 1. The van der Waals surface area contributed by atoms with Gasteiger partial charge in [0.15, 0.2) is 0 Å². The van der Waals surface area contributed by atoms with Crippen LogP contribution in [0.15, 0.2) is 66.7 Å². The van der Waals surface area contributed by atoms with Gasteiger partial charge < -0.3 is 5.11 Å². The summed E-state index contributed by atoms with van der Waals surface area (Å²) in [5.74, 6) is 0.435. The minimum atomic E-state index is -0.165. The zero-order valence-electron chi connectivity index (χ0n) is 21.3. The zero-order valence-corrected chi connectivity index (χ0v) is 21.3. The van der Waals surface area contributed by atoms with E-state index < -0.39 is 0 Å². The maximum Gasteiger partial charge on any atom is 0.123 e. The van der Waals surface area contributed by atoms with E-state index >= 15 is 0 Å². The molecule has 0 aliphatic carbocycles. The molecule has 0 aromatic heterocycles. The van der Waals surface area contributed by atoms with Crippen molar-refractivity contribution >= 4 is 53.9 Å². The van der Waals surface area contributed by atoms with Crippen LogP contribution in [0.4, 0.5) is 0 Å². The van der Waals surface area contributed by atoms with Crippen molar-refractivity contribution < 1.29 is 5.11 Å². The van der Waals surface area contributed by atoms with Crippen molar-refractivity contribution in [3.8, 4) is 16.9 Å². The fraction of sp³-hybridized carbons (Fsp3) is 0.235. The summed E-state index contributed by atoms with van der Waals surface area (Å²) in [7, 11) is 0. The minimum absolute atomic E-state index is 0.165. The van der Waals surface area contributed by atoms with Crippen LogP contribution < -0.4 is 0 Å². The van der Waals surface area contributed by atoms with E-state index in [0.29, 0.717) is 5.75 Å². The number of phenols is 1.